The Bertz CT molecular complexity index is 1390. The number of hydrogen-bond donors (Lipinski definition) is 4. The highest BCUT2D eigenvalue weighted by Crippen LogP contribution is 2.44. The number of carbonyl (C=O) groups is 3. The van der Waals surface area contributed by atoms with E-state index in [-0.39, 0.29) is 26.6 Å². The van der Waals surface area contributed by atoms with Gasteiger partial charge in [0.05, 0.1) is 11.7 Å². The van der Waals surface area contributed by atoms with Crippen molar-refractivity contribution in [3.63, 3.8) is 0 Å². The van der Waals surface area contributed by atoms with Gasteiger partial charge in [-0.2, -0.15) is 11.8 Å². The molecule has 3 aliphatic heterocycles. The predicted molar refractivity (Wildman–Crippen MR) is 154 cm³/mol. The van der Waals surface area contributed by atoms with Crippen molar-refractivity contribution in [2.75, 3.05) is 25.9 Å². The number of aromatic nitrogens is 2. The van der Waals surface area contributed by atoms with Crippen LogP contribution in [0, 0.1) is 0 Å². The van der Waals surface area contributed by atoms with E-state index in [4.69, 9.17) is 22.2 Å². The number of nitrogen functional groups attached to an aromatic ring is 1. The van der Waals surface area contributed by atoms with Gasteiger partial charge in [-0.25, -0.2) is 9.78 Å². The van der Waals surface area contributed by atoms with E-state index in [2.05, 4.69) is 25.8 Å². The Kier molecular flexibility index (Phi) is 8.85. The fourth-order valence-corrected chi connectivity index (χ4v) is 8.13. The molecule has 0 aromatic carbocycles. The van der Waals surface area contributed by atoms with Crippen LogP contribution in [0.4, 0.5) is 5.13 Å². The minimum absolute atomic E-state index is 0.0372. The monoisotopic (exact) mass is 623 g/mol. The van der Waals surface area contributed by atoms with Crippen LogP contribution < -0.4 is 16.4 Å². The Labute approximate surface area is 247 Å². The summed E-state index contributed by atoms with van der Waals surface area (Å²) in [6, 6.07) is 2.29. The molecule has 2 aromatic rings. The van der Waals surface area contributed by atoms with Gasteiger partial charge in [0.2, 0.25) is 0 Å². The number of anilines is 1. The van der Waals surface area contributed by atoms with Crippen molar-refractivity contribution in [2.45, 2.75) is 47.2 Å². The van der Waals surface area contributed by atoms with Crippen LogP contribution in [-0.4, -0.2) is 81.0 Å². The largest absolute Gasteiger partial charge is 0.477 e. The van der Waals surface area contributed by atoms with Gasteiger partial charge in [-0.15, -0.1) is 0 Å². The number of carboxylic acid groups (broad SMARTS) is 1. The molecule has 3 atom stereocenters. The molecular weight excluding hydrogens is 598 g/mol. The fourth-order valence-electron chi connectivity index (χ4n) is 4.81. The summed E-state index contributed by atoms with van der Waals surface area (Å²) < 4.78 is 0.147. The summed E-state index contributed by atoms with van der Waals surface area (Å²) in [5.41, 5.74) is 6.31. The van der Waals surface area contributed by atoms with Gasteiger partial charge >= 0.3 is 5.97 Å². The highest BCUT2D eigenvalue weighted by Gasteiger charge is 2.54. The number of rotatable bonds is 10. The molecule has 5 heterocycles. The molecule has 212 valence electrons. The van der Waals surface area contributed by atoms with Crippen LogP contribution in [0.25, 0.3) is 0 Å². The highest BCUT2D eigenvalue weighted by molar-refractivity contribution is 8.03. The molecule has 12 nitrogen and oxygen atoms in total. The number of pyridine rings is 1. The first-order valence-electron chi connectivity index (χ1n) is 12.4. The Morgan fingerprint density at radius 3 is 2.92 bits per heavy atom. The SMILES string of the molecule is CON=C(C(=O)N[C@@H]1C(=O)N2C(C(=O)O)=C(Sc3cccnc3CSC3CCNC3)CC[C@H]12)c1nc(N)sc1Cl. The summed E-state index contributed by atoms with van der Waals surface area (Å²) in [6.07, 6.45) is 3.73. The molecule has 5 rings (SSSR count). The minimum Gasteiger partial charge on any atom is -0.477 e. The maximum Gasteiger partial charge on any atom is 0.353 e. The molecule has 40 heavy (non-hydrogen) atoms. The summed E-state index contributed by atoms with van der Waals surface area (Å²) in [5.74, 6) is -1.74. The summed E-state index contributed by atoms with van der Waals surface area (Å²) in [5, 5.41) is 20.5. The van der Waals surface area contributed by atoms with E-state index < -0.39 is 29.9 Å². The first-order valence-corrected chi connectivity index (χ1v) is 15.4. The van der Waals surface area contributed by atoms with Gasteiger partial charge in [-0.3, -0.25) is 19.5 Å². The van der Waals surface area contributed by atoms with Crippen molar-refractivity contribution in [2.24, 2.45) is 5.16 Å². The van der Waals surface area contributed by atoms with Crippen LogP contribution in [0.5, 0.6) is 0 Å². The molecule has 2 aromatic heterocycles. The van der Waals surface area contributed by atoms with Crippen molar-refractivity contribution in [3.8, 4) is 0 Å². The van der Waals surface area contributed by atoms with Crippen LogP contribution in [0.15, 0.2) is 39.0 Å². The average molecular weight is 624 g/mol. The predicted octanol–water partition coefficient (Wildman–Crippen LogP) is 2.30. The third-order valence-electron chi connectivity index (χ3n) is 6.66. The van der Waals surface area contributed by atoms with Gasteiger partial charge in [0.25, 0.3) is 11.8 Å². The van der Waals surface area contributed by atoms with Crippen molar-refractivity contribution >= 4 is 75.1 Å². The van der Waals surface area contributed by atoms with Gasteiger partial charge in [0.15, 0.2) is 10.8 Å². The zero-order valence-electron chi connectivity index (χ0n) is 21.3. The molecule has 0 spiro atoms. The summed E-state index contributed by atoms with van der Waals surface area (Å²) >= 11 is 10.3. The van der Waals surface area contributed by atoms with Gasteiger partial charge in [-0.05, 0) is 37.9 Å². The molecule has 1 unspecified atom stereocenters. The lowest BCUT2D eigenvalue weighted by atomic mass is 9.86. The second-order valence-corrected chi connectivity index (χ2v) is 13.2. The third-order valence-corrected chi connectivity index (χ3v) is 10.3. The minimum atomic E-state index is -1.20. The molecule has 16 heteroatoms. The van der Waals surface area contributed by atoms with Crippen LogP contribution >= 0.6 is 46.5 Å². The number of halogens is 1. The topological polar surface area (TPSA) is 172 Å². The first kappa shape index (κ1) is 28.7. The van der Waals surface area contributed by atoms with E-state index in [0.29, 0.717) is 28.7 Å². The summed E-state index contributed by atoms with van der Waals surface area (Å²) in [4.78, 5) is 54.7. The van der Waals surface area contributed by atoms with Crippen molar-refractivity contribution in [3.05, 3.63) is 44.7 Å². The van der Waals surface area contributed by atoms with E-state index in [1.165, 1.54) is 23.8 Å². The van der Waals surface area contributed by atoms with E-state index >= 15 is 0 Å². The van der Waals surface area contributed by atoms with Crippen molar-refractivity contribution in [1.82, 2.24) is 25.5 Å². The number of nitrogens with zero attached hydrogens (tertiary/aromatic N) is 4. The number of carboxylic acids is 1. The molecule has 0 bridgehead atoms. The molecule has 0 radical (unpaired) electrons. The van der Waals surface area contributed by atoms with Crippen molar-refractivity contribution < 1.29 is 24.3 Å². The normalized spacial score (nSPS) is 22.6. The molecule has 3 aliphatic rings. The Balaban J connectivity index is 1.32. The number of thioether (sulfide) groups is 2. The Hall–Kier alpha value is -2.85. The van der Waals surface area contributed by atoms with Gasteiger partial charge in [0.1, 0.15) is 28.9 Å². The zero-order chi connectivity index (χ0) is 28.4. The Morgan fingerprint density at radius 1 is 1.43 bits per heavy atom. The molecule has 2 amide bonds. The van der Waals surface area contributed by atoms with E-state index in [1.54, 1.807) is 6.20 Å². The lowest BCUT2D eigenvalue weighted by Crippen LogP contribution is -2.72. The zero-order valence-corrected chi connectivity index (χ0v) is 24.5. The number of hydrogen-bond acceptors (Lipinski definition) is 12. The van der Waals surface area contributed by atoms with Crippen molar-refractivity contribution in [1.29, 1.82) is 0 Å². The number of fused-ring (bicyclic) bond motifs is 1. The van der Waals surface area contributed by atoms with Crippen LogP contribution in [0.2, 0.25) is 4.34 Å². The number of nitrogens with one attached hydrogen (secondary N) is 2. The number of allylic oxidation sites excluding steroid dienone is 1. The standard InChI is InChI=1S/C24H26ClN7O5S3/c1-37-31-18(17-20(25)40-24(26)30-17)21(33)29-16-13-4-5-15(19(23(35)36)32(13)22(16)34)39-14-3-2-7-28-12(14)10-38-11-6-8-27-9-11/h2-3,7,11,13,16,27H,4-6,8-10H2,1H3,(H2,26,30)(H,29,33)(H,35,36)/t11?,13-,16+/m1/s1. The number of β-lactam (4-membered cyclic amide) rings is 1. The van der Waals surface area contributed by atoms with Gasteiger partial charge < -0.3 is 26.3 Å². The number of nitrogens with two attached hydrogens (primary N) is 1. The quantitative estimate of drug-likeness (QED) is 0.174. The molecular formula is C24H26ClN7O5S3. The molecule has 5 N–H and O–H groups in total. The lowest BCUT2D eigenvalue weighted by molar-refractivity contribution is -0.155. The third kappa shape index (κ3) is 5.79. The number of amides is 2. The lowest BCUT2D eigenvalue weighted by Gasteiger charge is -2.50. The van der Waals surface area contributed by atoms with Crippen LogP contribution in [0.3, 0.4) is 0 Å². The smallest absolute Gasteiger partial charge is 0.353 e. The van der Waals surface area contributed by atoms with E-state index in [1.807, 2.05) is 23.9 Å². The number of aliphatic carboxylic acids is 1. The molecule has 2 saturated heterocycles. The summed E-state index contributed by atoms with van der Waals surface area (Å²) in [6.45, 7) is 1.98. The van der Waals surface area contributed by atoms with Gasteiger partial charge in [0, 0.05) is 33.5 Å². The van der Waals surface area contributed by atoms with Crippen LogP contribution in [0.1, 0.15) is 30.7 Å². The average Bonchev–Trinajstić information content (AvgIpc) is 3.58. The molecule has 2 fully saturated rings. The highest BCUT2D eigenvalue weighted by atomic mass is 35.5. The van der Waals surface area contributed by atoms with Gasteiger partial charge in [-0.1, -0.05) is 39.9 Å². The van der Waals surface area contributed by atoms with E-state index in [9.17, 15) is 19.5 Å². The second-order valence-electron chi connectivity index (χ2n) is 9.12. The first-order chi connectivity index (χ1) is 19.3. The summed E-state index contributed by atoms with van der Waals surface area (Å²) in [7, 11) is 1.26. The van der Waals surface area contributed by atoms with Crippen LogP contribution in [-0.2, 0) is 25.0 Å². The number of oxime groups is 1. The molecule has 0 saturated carbocycles. The maximum absolute atomic E-state index is 13.2. The fraction of sp³-hybridized carbons (Fsp3) is 0.417. The second kappa shape index (κ2) is 12.3. The maximum atomic E-state index is 13.2. The Morgan fingerprint density at radius 2 is 2.25 bits per heavy atom. The number of carbonyl (C=O) groups excluding carboxylic acids is 2. The number of thiazole rings is 1. The molecule has 0 aliphatic carbocycles. The van der Waals surface area contributed by atoms with E-state index in [0.717, 1.165) is 41.4 Å².